The third-order valence-corrected chi connectivity index (χ3v) is 4.01. The minimum absolute atomic E-state index is 0.408. The molecule has 22 heavy (non-hydrogen) atoms. The monoisotopic (exact) mass is 314 g/mol. The van der Waals surface area contributed by atoms with Crippen molar-refractivity contribution in [1.29, 1.82) is 0 Å². The van der Waals surface area contributed by atoms with Crippen LogP contribution in [0.1, 0.15) is 11.6 Å². The maximum absolute atomic E-state index is 14.3. The number of hydrogen-bond donors (Lipinski definition) is 2. The fourth-order valence-electron chi connectivity index (χ4n) is 2.98. The van der Waals surface area contributed by atoms with Gasteiger partial charge in [-0.2, -0.15) is 0 Å². The Morgan fingerprint density at radius 1 is 1.18 bits per heavy atom. The molecule has 5 nitrogen and oxygen atoms in total. The van der Waals surface area contributed by atoms with Crippen molar-refractivity contribution in [1.82, 2.24) is 10.2 Å². The Kier molecular flexibility index (Phi) is 4.46. The lowest BCUT2D eigenvalue weighted by Gasteiger charge is -2.39. The van der Waals surface area contributed by atoms with Gasteiger partial charge in [-0.05, 0) is 17.7 Å². The van der Waals surface area contributed by atoms with Crippen LogP contribution in [0.2, 0.25) is 0 Å². The van der Waals surface area contributed by atoms with Crippen LogP contribution in [0.15, 0.2) is 18.2 Å². The van der Waals surface area contributed by atoms with E-state index in [1.54, 1.807) is 23.1 Å². The highest BCUT2D eigenvalue weighted by Gasteiger charge is 2.44. The second-order valence-corrected chi connectivity index (χ2v) is 5.51. The first-order valence-corrected chi connectivity index (χ1v) is 7.45. The first-order chi connectivity index (χ1) is 10.6. The zero-order valence-corrected chi connectivity index (χ0v) is 12.2. The molecule has 1 fully saturated rings. The Morgan fingerprint density at radius 2 is 1.86 bits per heavy atom. The summed E-state index contributed by atoms with van der Waals surface area (Å²) in [5.74, 6) is -2.17. The van der Waals surface area contributed by atoms with Crippen LogP contribution in [0.3, 0.4) is 0 Å². The van der Waals surface area contributed by atoms with E-state index in [-0.39, 0.29) is 0 Å². The number of rotatable bonds is 4. The lowest BCUT2D eigenvalue weighted by molar-refractivity contribution is -0.118. The van der Waals surface area contributed by atoms with Gasteiger partial charge in [0.2, 0.25) is 0 Å². The number of ether oxygens (including phenoxy) is 2. The zero-order chi connectivity index (χ0) is 15.6. The van der Waals surface area contributed by atoms with Crippen LogP contribution in [-0.4, -0.2) is 61.9 Å². The quantitative estimate of drug-likeness (QED) is 0.869. The van der Waals surface area contributed by atoms with E-state index in [0.717, 1.165) is 0 Å². The van der Waals surface area contributed by atoms with Gasteiger partial charge in [0.05, 0.1) is 0 Å². The van der Waals surface area contributed by atoms with E-state index >= 15 is 0 Å². The number of aliphatic hydroxyl groups is 1. The van der Waals surface area contributed by atoms with Gasteiger partial charge in [0, 0.05) is 26.2 Å². The topological polar surface area (TPSA) is 54.0 Å². The summed E-state index contributed by atoms with van der Waals surface area (Å²) in [5, 5.41) is 12.3. The molecule has 0 saturated carbocycles. The van der Waals surface area contributed by atoms with Gasteiger partial charge in [-0.1, -0.05) is 6.07 Å². The normalized spacial score (nSPS) is 20.7. The molecule has 0 aromatic heterocycles. The van der Waals surface area contributed by atoms with Gasteiger partial charge in [0.15, 0.2) is 11.5 Å². The summed E-state index contributed by atoms with van der Waals surface area (Å²) in [6.45, 7) is 2.01. The van der Waals surface area contributed by atoms with Gasteiger partial charge < -0.3 is 19.9 Å². The molecule has 2 N–H and O–H groups in total. The molecule has 0 unspecified atom stereocenters. The van der Waals surface area contributed by atoms with Gasteiger partial charge in [-0.15, -0.1) is 0 Å². The molecule has 2 aliphatic heterocycles. The van der Waals surface area contributed by atoms with Crippen LogP contribution >= 0.6 is 0 Å². The van der Waals surface area contributed by atoms with Crippen LogP contribution in [0.25, 0.3) is 0 Å². The van der Waals surface area contributed by atoms with Crippen LogP contribution < -0.4 is 14.8 Å². The Morgan fingerprint density at radius 3 is 2.55 bits per heavy atom. The molecule has 0 aliphatic carbocycles. The average molecular weight is 314 g/mol. The standard InChI is InChI=1S/C15H20F2N2O3/c16-15(17,10-20)14(19-5-3-18-4-6-19)11-1-2-12-13(9-11)22-8-7-21-12/h1-2,9,14,18,20H,3-8,10H2/t14-/m1/s1. The maximum atomic E-state index is 14.3. The van der Waals surface area contributed by atoms with Gasteiger partial charge in [-0.25, -0.2) is 8.78 Å². The van der Waals surface area contributed by atoms with Crippen molar-refractivity contribution < 1.29 is 23.4 Å². The summed E-state index contributed by atoms with van der Waals surface area (Å²) in [6, 6.07) is 3.72. The van der Waals surface area contributed by atoms with Crippen molar-refractivity contribution in [2.45, 2.75) is 12.0 Å². The molecule has 0 spiro atoms. The Labute approximate surface area is 127 Å². The molecule has 7 heteroatoms. The number of hydrogen-bond acceptors (Lipinski definition) is 5. The molecule has 1 atom stereocenters. The van der Waals surface area contributed by atoms with Crippen LogP contribution in [0.4, 0.5) is 8.78 Å². The fourth-order valence-corrected chi connectivity index (χ4v) is 2.98. The number of fused-ring (bicyclic) bond motifs is 1. The molecule has 0 amide bonds. The van der Waals surface area contributed by atoms with Crippen molar-refractivity contribution in [3.05, 3.63) is 23.8 Å². The van der Waals surface area contributed by atoms with Crippen LogP contribution in [0, 0.1) is 0 Å². The van der Waals surface area contributed by atoms with Crippen molar-refractivity contribution >= 4 is 0 Å². The van der Waals surface area contributed by atoms with Crippen molar-refractivity contribution in [3.8, 4) is 11.5 Å². The number of nitrogens with zero attached hydrogens (tertiary/aromatic N) is 1. The number of piperazine rings is 1. The second kappa shape index (κ2) is 6.36. The summed E-state index contributed by atoms with van der Waals surface area (Å²) < 4.78 is 39.6. The Hall–Kier alpha value is -1.44. The van der Waals surface area contributed by atoms with E-state index < -0.39 is 18.6 Å². The first-order valence-electron chi connectivity index (χ1n) is 7.45. The molecule has 1 aromatic rings. The van der Waals surface area contributed by atoms with E-state index in [0.29, 0.717) is 56.5 Å². The van der Waals surface area contributed by atoms with E-state index in [9.17, 15) is 8.78 Å². The van der Waals surface area contributed by atoms with Crippen molar-refractivity contribution in [3.63, 3.8) is 0 Å². The second-order valence-electron chi connectivity index (χ2n) is 5.51. The fraction of sp³-hybridized carbons (Fsp3) is 0.600. The summed E-state index contributed by atoms with van der Waals surface area (Å²) >= 11 is 0. The highest BCUT2D eigenvalue weighted by molar-refractivity contribution is 5.45. The highest BCUT2D eigenvalue weighted by atomic mass is 19.3. The molecule has 2 aliphatic rings. The summed E-state index contributed by atoms with van der Waals surface area (Å²) in [4.78, 5) is 1.71. The minimum atomic E-state index is -3.22. The molecule has 3 rings (SSSR count). The van der Waals surface area contributed by atoms with Gasteiger partial charge in [0.1, 0.15) is 25.9 Å². The Balaban J connectivity index is 1.94. The van der Waals surface area contributed by atoms with Gasteiger partial charge >= 0.3 is 0 Å². The average Bonchev–Trinajstić information content (AvgIpc) is 2.56. The third-order valence-electron chi connectivity index (χ3n) is 4.01. The number of alkyl halides is 2. The summed E-state index contributed by atoms with van der Waals surface area (Å²) in [5.41, 5.74) is 0.435. The van der Waals surface area contributed by atoms with E-state index in [1.165, 1.54) is 0 Å². The molecule has 122 valence electrons. The third kappa shape index (κ3) is 3.02. The Bertz CT molecular complexity index is 522. The SMILES string of the molecule is OCC(F)(F)[C@@H](c1ccc2c(c1)OCCO2)N1CCNCC1. The highest BCUT2D eigenvalue weighted by Crippen LogP contribution is 2.40. The zero-order valence-electron chi connectivity index (χ0n) is 12.2. The van der Waals surface area contributed by atoms with Gasteiger partial charge in [0.25, 0.3) is 5.92 Å². The maximum Gasteiger partial charge on any atom is 0.289 e. The minimum Gasteiger partial charge on any atom is -0.486 e. The molecular formula is C15H20F2N2O3. The van der Waals surface area contributed by atoms with E-state index in [2.05, 4.69) is 5.32 Å². The first kappa shape index (κ1) is 15.5. The number of halogens is 2. The lowest BCUT2D eigenvalue weighted by atomic mass is 9.97. The summed E-state index contributed by atoms with van der Waals surface area (Å²) in [6.07, 6.45) is 0. The molecule has 1 aromatic carbocycles. The van der Waals surface area contributed by atoms with E-state index in [4.69, 9.17) is 14.6 Å². The van der Waals surface area contributed by atoms with Crippen molar-refractivity contribution in [2.24, 2.45) is 0 Å². The number of nitrogens with one attached hydrogen (secondary N) is 1. The molecular weight excluding hydrogens is 294 g/mol. The largest absolute Gasteiger partial charge is 0.486 e. The predicted octanol–water partition coefficient (Wildman–Crippen LogP) is 1.03. The molecule has 2 heterocycles. The van der Waals surface area contributed by atoms with Crippen molar-refractivity contribution in [2.75, 3.05) is 46.0 Å². The summed E-state index contributed by atoms with van der Waals surface area (Å²) in [7, 11) is 0. The van der Waals surface area contributed by atoms with Gasteiger partial charge in [-0.3, -0.25) is 4.90 Å². The molecule has 0 bridgehead atoms. The van der Waals surface area contributed by atoms with Crippen LogP contribution in [-0.2, 0) is 0 Å². The molecule has 0 radical (unpaired) electrons. The molecule has 1 saturated heterocycles. The lowest BCUT2D eigenvalue weighted by Crippen LogP contribution is -2.51. The number of benzene rings is 1. The predicted molar refractivity (Wildman–Crippen MR) is 76.6 cm³/mol. The smallest absolute Gasteiger partial charge is 0.289 e. The van der Waals surface area contributed by atoms with E-state index in [1.807, 2.05) is 0 Å². The van der Waals surface area contributed by atoms with Crippen LogP contribution in [0.5, 0.6) is 11.5 Å². The number of aliphatic hydroxyl groups excluding tert-OH is 1.